The zero-order chi connectivity index (χ0) is 16.5. The minimum Gasteiger partial charge on any atom is -0.356 e. The highest BCUT2D eigenvalue weighted by Gasteiger charge is 2.24. The van der Waals surface area contributed by atoms with Gasteiger partial charge in [0, 0.05) is 19.5 Å². The van der Waals surface area contributed by atoms with E-state index in [2.05, 4.69) is 30.8 Å². The van der Waals surface area contributed by atoms with Gasteiger partial charge in [-0.3, -0.25) is 4.79 Å². The molecular weight excluding hydrogens is 290 g/mol. The van der Waals surface area contributed by atoms with Crippen LogP contribution in [-0.2, 0) is 14.8 Å². The summed E-state index contributed by atoms with van der Waals surface area (Å²) in [6.45, 7) is 7.97. The van der Waals surface area contributed by atoms with Crippen molar-refractivity contribution < 1.29 is 13.2 Å². The number of rotatable bonds is 10. The smallest absolute Gasteiger partial charge is 0.220 e. The monoisotopic (exact) mass is 321 g/mol. The molecule has 126 valence electrons. The Bertz CT molecular complexity index is 402. The van der Waals surface area contributed by atoms with Crippen molar-refractivity contribution in [2.24, 2.45) is 17.1 Å². The van der Waals surface area contributed by atoms with Gasteiger partial charge in [-0.15, -0.1) is 0 Å². The van der Waals surface area contributed by atoms with E-state index < -0.39 is 10.0 Å². The zero-order valence-corrected chi connectivity index (χ0v) is 14.6. The Morgan fingerprint density at radius 1 is 1.19 bits per heavy atom. The van der Waals surface area contributed by atoms with E-state index in [-0.39, 0.29) is 11.3 Å². The number of nitrogens with one attached hydrogen (secondary N) is 2. The van der Waals surface area contributed by atoms with Crippen molar-refractivity contribution in [2.75, 3.05) is 25.9 Å². The Morgan fingerprint density at radius 3 is 2.29 bits per heavy atom. The summed E-state index contributed by atoms with van der Waals surface area (Å²) in [6.07, 6.45) is 3.95. The Labute approximate surface area is 129 Å². The second kappa shape index (κ2) is 9.38. The van der Waals surface area contributed by atoms with Gasteiger partial charge in [0.2, 0.25) is 15.9 Å². The van der Waals surface area contributed by atoms with E-state index in [9.17, 15) is 13.2 Å². The Kier molecular flexibility index (Phi) is 9.08. The maximum absolute atomic E-state index is 11.8. The molecule has 0 aromatic rings. The van der Waals surface area contributed by atoms with E-state index in [1.807, 2.05) is 0 Å². The molecule has 0 aromatic heterocycles. The highest BCUT2D eigenvalue weighted by atomic mass is 32.2. The van der Waals surface area contributed by atoms with Crippen molar-refractivity contribution >= 4 is 15.9 Å². The lowest BCUT2D eigenvalue weighted by atomic mass is 9.76. The molecular formula is C14H31N3O3S. The number of sulfonamides is 1. The molecule has 0 aromatic carbocycles. The SMILES string of the molecule is CC(C)(C)C(CCN)CCC(=O)NCCCNS(C)(=O)=O. The van der Waals surface area contributed by atoms with Crippen LogP contribution in [0.2, 0.25) is 0 Å². The lowest BCUT2D eigenvalue weighted by molar-refractivity contribution is -0.121. The molecule has 0 fully saturated rings. The summed E-state index contributed by atoms with van der Waals surface area (Å²) in [7, 11) is -3.14. The molecule has 0 saturated carbocycles. The Morgan fingerprint density at radius 2 is 1.81 bits per heavy atom. The summed E-state index contributed by atoms with van der Waals surface area (Å²) in [5.74, 6) is 0.445. The van der Waals surface area contributed by atoms with Gasteiger partial charge in [-0.05, 0) is 37.1 Å². The van der Waals surface area contributed by atoms with Crippen molar-refractivity contribution in [3.8, 4) is 0 Å². The highest BCUT2D eigenvalue weighted by molar-refractivity contribution is 7.88. The molecule has 4 N–H and O–H groups in total. The number of nitrogens with two attached hydrogens (primary N) is 1. The number of hydrogen-bond donors (Lipinski definition) is 3. The van der Waals surface area contributed by atoms with Gasteiger partial charge in [0.15, 0.2) is 0 Å². The molecule has 0 aliphatic heterocycles. The van der Waals surface area contributed by atoms with Gasteiger partial charge < -0.3 is 11.1 Å². The van der Waals surface area contributed by atoms with Crippen LogP contribution in [0.25, 0.3) is 0 Å². The summed E-state index contributed by atoms with van der Waals surface area (Å²) in [5.41, 5.74) is 5.78. The third-order valence-corrected chi connectivity index (χ3v) is 4.23. The lowest BCUT2D eigenvalue weighted by Crippen LogP contribution is -2.30. The van der Waals surface area contributed by atoms with Crippen LogP contribution in [0.3, 0.4) is 0 Å². The summed E-state index contributed by atoms with van der Waals surface area (Å²) < 4.78 is 24.1. The number of carbonyl (C=O) groups is 1. The molecule has 0 heterocycles. The highest BCUT2D eigenvalue weighted by Crippen LogP contribution is 2.31. The number of hydrogen-bond acceptors (Lipinski definition) is 4. The van der Waals surface area contributed by atoms with Crippen LogP contribution < -0.4 is 15.8 Å². The second-order valence-corrected chi connectivity index (χ2v) is 8.38. The van der Waals surface area contributed by atoms with Crippen LogP contribution in [0.15, 0.2) is 0 Å². The van der Waals surface area contributed by atoms with Crippen molar-refractivity contribution in [3.05, 3.63) is 0 Å². The fourth-order valence-electron chi connectivity index (χ4n) is 2.18. The molecule has 0 spiro atoms. The molecule has 0 aliphatic rings. The largest absolute Gasteiger partial charge is 0.356 e. The van der Waals surface area contributed by atoms with Gasteiger partial charge in [-0.25, -0.2) is 13.1 Å². The molecule has 1 amide bonds. The topological polar surface area (TPSA) is 101 Å². The van der Waals surface area contributed by atoms with E-state index in [1.54, 1.807) is 0 Å². The van der Waals surface area contributed by atoms with Crippen LogP contribution in [0.4, 0.5) is 0 Å². The lowest BCUT2D eigenvalue weighted by Gasteiger charge is -2.30. The van der Waals surface area contributed by atoms with Crippen LogP contribution in [-0.4, -0.2) is 40.2 Å². The van der Waals surface area contributed by atoms with Gasteiger partial charge in [0.25, 0.3) is 0 Å². The minimum absolute atomic E-state index is 0.0145. The third kappa shape index (κ3) is 11.7. The first-order valence-corrected chi connectivity index (χ1v) is 9.37. The van der Waals surface area contributed by atoms with E-state index in [0.29, 0.717) is 38.4 Å². The number of carbonyl (C=O) groups excluding carboxylic acids is 1. The van der Waals surface area contributed by atoms with E-state index >= 15 is 0 Å². The van der Waals surface area contributed by atoms with Gasteiger partial charge in [-0.2, -0.15) is 0 Å². The summed E-state index contributed by atoms with van der Waals surface area (Å²) in [5, 5.41) is 2.81. The fourth-order valence-corrected chi connectivity index (χ4v) is 2.69. The average molecular weight is 321 g/mol. The molecule has 0 rings (SSSR count). The molecule has 1 unspecified atom stereocenters. The van der Waals surface area contributed by atoms with E-state index in [4.69, 9.17) is 5.73 Å². The van der Waals surface area contributed by atoms with Crippen molar-refractivity contribution in [1.29, 1.82) is 0 Å². The van der Waals surface area contributed by atoms with Crippen molar-refractivity contribution in [2.45, 2.75) is 46.5 Å². The Hall–Kier alpha value is -0.660. The van der Waals surface area contributed by atoms with Gasteiger partial charge in [0.1, 0.15) is 0 Å². The third-order valence-electron chi connectivity index (χ3n) is 3.50. The van der Waals surface area contributed by atoms with Gasteiger partial charge in [-0.1, -0.05) is 20.8 Å². The summed E-state index contributed by atoms with van der Waals surface area (Å²) in [4.78, 5) is 11.8. The zero-order valence-electron chi connectivity index (χ0n) is 13.7. The Balaban J connectivity index is 3.88. The molecule has 0 aliphatic carbocycles. The molecule has 0 saturated heterocycles. The standard InChI is InChI=1S/C14H31N3O3S/c1-14(2,3)12(8-9-15)6-7-13(18)16-10-5-11-17-21(4,19)20/h12,17H,5-11,15H2,1-4H3,(H,16,18). The van der Waals surface area contributed by atoms with Crippen molar-refractivity contribution in [1.82, 2.24) is 10.0 Å². The molecule has 0 bridgehead atoms. The quantitative estimate of drug-likeness (QED) is 0.519. The molecule has 21 heavy (non-hydrogen) atoms. The van der Waals surface area contributed by atoms with Gasteiger partial charge >= 0.3 is 0 Å². The van der Waals surface area contributed by atoms with E-state index in [1.165, 1.54) is 0 Å². The normalized spacial score (nSPS) is 14.0. The van der Waals surface area contributed by atoms with Crippen LogP contribution in [0.5, 0.6) is 0 Å². The second-order valence-electron chi connectivity index (χ2n) is 6.55. The molecule has 6 nitrogen and oxygen atoms in total. The summed E-state index contributed by atoms with van der Waals surface area (Å²) in [6, 6.07) is 0. The van der Waals surface area contributed by atoms with Crippen LogP contribution in [0.1, 0.15) is 46.5 Å². The number of amides is 1. The van der Waals surface area contributed by atoms with Crippen molar-refractivity contribution in [3.63, 3.8) is 0 Å². The fraction of sp³-hybridized carbons (Fsp3) is 0.929. The predicted octanol–water partition coefficient (Wildman–Crippen LogP) is 0.833. The maximum Gasteiger partial charge on any atom is 0.220 e. The molecule has 1 atom stereocenters. The molecule has 7 heteroatoms. The maximum atomic E-state index is 11.8. The first-order valence-electron chi connectivity index (χ1n) is 7.47. The molecule has 0 radical (unpaired) electrons. The van der Waals surface area contributed by atoms with E-state index in [0.717, 1.165) is 19.1 Å². The first kappa shape index (κ1) is 20.3. The predicted molar refractivity (Wildman–Crippen MR) is 86.3 cm³/mol. The van der Waals surface area contributed by atoms with Crippen LogP contribution in [0, 0.1) is 11.3 Å². The first-order chi connectivity index (χ1) is 9.56. The average Bonchev–Trinajstić information content (AvgIpc) is 2.31. The van der Waals surface area contributed by atoms with Crippen LogP contribution >= 0.6 is 0 Å². The summed E-state index contributed by atoms with van der Waals surface area (Å²) >= 11 is 0. The van der Waals surface area contributed by atoms with Gasteiger partial charge in [0.05, 0.1) is 6.26 Å². The minimum atomic E-state index is -3.14.